The molecule has 0 N–H and O–H groups in total. The van der Waals surface area contributed by atoms with Crippen LogP contribution in [0.1, 0.15) is 19.4 Å². The van der Waals surface area contributed by atoms with Gasteiger partial charge in [-0.25, -0.2) is 0 Å². The van der Waals surface area contributed by atoms with E-state index in [0.29, 0.717) is 0 Å². The van der Waals surface area contributed by atoms with Crippen LogP contribution in [-0.4, -0.2) is 12.7 Å². The van der Waals surface area contributed by atoms with Crippen LogP contribution in [0.25, 0.3) is 6.08 Å². The molecule has 0 aliphatic carbocycles. The Labute approximate surface area is 80.0 Å². The SMILES string of the molecule is CCO[C@H](C)/C=C/c1ccccc1. The number of rotatable bonds is 4. The van der Waals surface area contributed by atoms with Crippen LogP contribution in [-0.2, 0) is 4.74 Å². The molecule has 1 atom stereocenters. The van der Waals surface area contributed by atoms with Crippen molar-refractivity contribution in [2.45, 2.75) is 20.0 Å². The van der Waals surface area contributed by atoms with Gasteiger partial charge in [-0.15, -0.1) is 0 Å². The first kappa shape index (κ1) is 10.0. The Morgan fingerprint density at radius 1 is 1.31 bits per heavy atom. The van der Waals surface area contributed by atoms with E-state index in [-0.39, 0.29) is 6.10 Å². The summed E-state index contributed by atoms with van der Waals surface area (Å²) in [5, 5.41) is 0. The smallest absolute Gasteiger partial charge is 0.0730 e. The number of benzene rings is 1. The lowest BCUT2D eigenvalue weighted by atomic mass is 10.2. The summed E-state index contributed by atoms with van der Waals surface area (Å²) in [7, 11) is 0. The minimum absolute atomic E-state index is 0.199. The van der Waals surface area contributed by atoms with E-state index in [4.69, 9.17) is 4.74 Å². The molecule has 0 saturated heterocycles. The highest BCUT2D eigenvalue weighted by Crippen LogP contribution is 2.03. The van der Waals surface area contributed by atoms with Crippen molar-refractivity contribution in [3.63, 3.8) is 0 Å². The Bertz CT molecular complexity index is 251. The first-order chi connectivity index (χ1) is 6.33. The Morgan fingerprint density at radius 3 is 2.62 bits per heavy atom. The summed E-state index contributed by atoms with van der Waals surface area (Å²) in [6, 6.07) is 10.2. The minimum atomic E-state index is 0.199. The Kier molecular flexibility index (Phi) is 4.27. The van der Waals surface area contributed by atoms with Gasteiger partial charge in [0.15, 0.2) is 0 Å². The van der Waals surface area contributed by atoms with E-state index >= 15 is 0 Å². The number of hydrogen-bond acceptors (Lipinski definition) is 1. The van der Waals surface area contributed by atoms with Crippen LogP contribution in [0.3, 0.4) is 0 Å². The van der Waals surface area contributed by atoms with E-state index in [9.17, 15) is 0 Å². The molecular formula is C12H16O. The van der Waals surface area contributed by atoms with Crippen LogP contribution in [0.5, 0.6) is 0 Å². The van der Waals surface area contributed by atoms with Crippen LogP contribution in [0.2, 0.25) is 0 Å². The monoisotopic (exact) mass is 176 g/mol. The highest BCUT2D eigenvalue weighted by atomic mass is 16.5. The maximum atomic E-state index is 5.38. The molecule has 0 spiro atoms. The highest BCUT2D eigenvalue weighted by molar-refractivity contribution is 5.49. The van der Waals surface area contributed by atoms with Gasteiger partial charge in [-0.2, -0.15) is 0 Å². The zero-order valence-electron chi connectivity index (χ0n) is 8.23. The first-order valence-corrected chi connectivity index (χ1v) is 4.67. The molecule has 0 amide bonds. The summed E-state index contributed by atoms with van der Waals surface area (Å²) in [5.41, 5.74) is 1.22. The third-order valence-electron chi connectivity index (χ3n) is 1.79. The average Bonchev–Trinajstić information content (AvgIpc) is 2.17. The molecule has 0 saturated carbocycles. The molecule has 0 fully saturated rings. The molecule has 1 aromatic carbocycles. The van der Waals surface area contributed by atoms with Gasteiger partial charge in [0.25, 0.3) is 0 Å². The maximum absolute atomic E-state index is 5.38. The molecule has 13 heavy (non-hydrogen) atoms. The summed E-state index contributed by atoms with van der Waals surface area (Å²) < 4.78 is 5.38. The van der Waals surface area contributed by atoms with E-state index in [2.05, 4.69) is 24.3 Å². The predicted octanol–water partition coefficient (Wildman–Crippen LogP) is 3.12. The van der Waals surface area contributed by atoms with Crippen molar-refractivity contribution in [3.8, 4) is 0 Å². The normalized spacial score (nSPS) is 13.4. The van der Waals surface area contributed by atoms with Crippen LogP contribution in [0.4, 0.5) is 0 Å². The molecule has 0 unspecified atom stereocenters. The van der Waals surface area contributed by atoms with E-state index in [0.717, 1.165) is 6.61 Å². The molecular weight excluding hydrogens is 160 g/mol. The fourth-order valence-electron chi connectivity index (χ4n) is 1.13. The van der Waals surface area contributed by atoms with Gasteiger partial charge in [-0.05, 0) is 19.4 Å². The van der Waals surface area contributed by atoms with Gasteiger partial charge < -0.3 is 4.74 Å². The standard InChI is InChI=1S/C12H16O/c1-3-13-11(2)9-10-12-7-5-4-6-8-12/h4-11H,3H2,1-2H3/b10-9+/t11-/m1/s1. The van der Waals surface area contributed by atoms with E-state index in [1.165, 1.54) is 5.56 Å². The quantitative estimate of drug-likeness (QED) is 0.685. The van der Waals surface area contributed by atoms with Crippen LogP contribution < -0.4 is 0 Å². The molecule has 70 valence electrons. The van der Waals surface area contributed by atoms with Gasteiger partial charge in [0, 0.05) is 6.61 Å². The second-order valence-corrected chi connectivity index (χ2v) is 2.93. The number of hydrogen-bond donors (Lipinski definition) is 0. The van der Waals surface area contributed by atoms with Gasteiger partial charge >= 0.3 is 0 Å². The Morgan fingerprint density at radius 2 is 2.00 bits per heavy atom. The van der Waals surface area contributed by atoms with E-state index < -0.39 is 0 Å². The van der Waals surface area contributed by atoms with Crippen molar-refractivity contribution < 1.29 is 4.74 Å². The fraction of sp³-hybridized carbons (Fsp3) is 0.333. The molecule has 1 nitrogen and oxygen atoms in total. The highest BCUT2D eigenvalue weighted by Gasteiger charge is 1.92. The van der Waals surface area contributed by atoms with Gasteiger partial charge in [0.2, 0.25) is 0 Å². The summed E-state index contributed by atoms with van der Waals surface area (Å²) >= 11 is 0. The van der Waals surface area contributed by atoms with Crippen molar-refractivity contribution in [1.29, 1.82) is 0 Å². The molecule has 1 heteroatoms. The summed E-state index contributed by atoms with van der Waals surface area (Å²) in [4.78, 5) is 0. The second-order valence-electron chi connectivity index (χ2n) is 2.93. The van der Waals surface area contributed by atoms with Crippen molar-refractivity contribution >= 4 is 6.08 Å². The van der Waals surface area contributed by atoms with Gasteiger partial charge in [-0.3, -0.25) is 0 Å². The molecule has 0 bridgehead atoms. The van der Waals surface area contributed by atoms with Gasteiger partial charge in [0.05, 0.1) is 6.10 Å². The van der Waals surface area contributed by atoms with Crippen LogP contribution in [0, 0.1) is 0 Å². The lowest BCUT2D eigenvalue weighted by molar-refractivity contribution is 0.110. The summed E-state index contributed by atoms with van der Waals surface area (Å²) in [6.07, 6.45) is 4.35. The third-order valence-corrected chi connectivity index (χ3v) is 1.79. The topological polar surface area (TPSA) is 9.23 Å². The Hall–Kier alpha value is -1.08. The molecule has 1 aromatic rings. The molecule has 0 radical (unpaired) electrons. The van der Waals surface area contributed by atoms with E-state index in [1.807, 2.05) is 32.0 Å². The summed E-state index contributed by atoms with van der Waals surface area (Å²) in [5.74, 6) is 0. The maximum Gasteiger partial charge on any atom is 0.0730 e. The van der Waals surface area contributed by atoms with Crippen molar-refractivity contribution in [3.05, 3.63) is 42.0 Å². The zero-order chi connectivity index (χ0) is 9.52. The van der Waals surface area contributed by atoms with Crippen molar-refractivity contribution in [2.75, 3.05) is 6.61 Å². The average molecular weight is 176 g/mol. The van der Waals surface area contributed by atoms with Gasteiger partial charge in [-0.1, -0.05) is 42.5 Å². The van der Waals surface area contributed by atoms with Crippen molar-refractivity contribution in [1.82, 2.24) is 0 Å². The largest absolute Gasteiger partial charge is 0.375 e. The predicted molar refractivity (Wildman–Crippen MR) is 56.6 cm³/mol. The third kappa shape index (κ3) is 3.90. The first-order valence-electron chi connectivity index (χ1n) is 4.67. The van der Waals surface area contributed by atoms with Crippen LogP contribution in [0.15, 0.2) is 36.4 Å². The Balaban J connectivity index is 2.49. The lowest BCUT2D eigenvalue weighted by Crippen LogP contribution is -2.02. The van der Waals surface area contributed by atoms with E-state index in [1.54, 1.807) is 0 Å². The van der Waals surface area contributed by atoms with Gasteiger partial charge in [0.1, 0.15) is 0 Å². The summed E-state index contributed by atoms with van der Waals surface area (Å²) in [6.45, 7) is 4.82. The molecule has 0 heterocycles. The molecule has 0 aromatic heterocycles. The number of ether oxygens (including phenoxy) is 1. The minimum Gasteiger partial charge on any atom is -0.375 e. The second kappa shape index (κ2) is 5.55. The molecule has 0 aliphatic rings. The zero-order valence-corrected chi connectivity index (χ0v) is 8.23. The van der Waals surface area contributed by atoms with Crippen LogP contribution >= 0.6 is 0 Å². The molecule has 0 aliphatic heterocycles. The fourth-order valence-corrected chi connectivity index (χ4v) is 1.13. The van der Waals surface area contributed by atoms with Crippen molar-refractivity contribution in [2.24, 2.45) is 0 Å². The molecule has 1 rings (SSSR count). The lowest BCUT2D eigenvalue weighted by Gasteiger charge is -2.04.